The molecule has 0 aliphatic carbocycles. The van der Waals surface area contributed by atoms with Gasteiger partial charge in [0.2, 0.25) is 0 Å². The summed E-state index contributed by atoms with van der Waals surface area (Å²) in [4.78, 5) is 16.0. The van der Waals surface area contributed by atoms with Crippen molar-refractivity contribution in [3.8, 4) is 0 Å². The molecule has 0 amide bonds. The van der Waals surface area contributed by atoms with Gasteiger partial charge in [-0.3, -0.25) is 9.78 Å². The van der Waals surface area contributed by atoms with Gasteiger partial charge in [-0.2, -0.15) is 0 Å². The number of carbonyl (C=O) groups is 1. The Morgan fingerprint density at radius 2 is 1.79 bits per heavy atom. The van der Waals surface area contributed by atoms with E-state index in [-0.39, 0.29) is 0 Å². The number of hydrogen-bond donors (Lipinski definition) is 1. The van der Waals surface area contributed by atoms with Crippen molar-refractivity contribution in [2.45, 2.75) is 40.0 Å². The Balaban J connectivity index is 2.81. The van der Waals surface area contributed by atoms with Crippen molar-refractivity contribution in [3.05, 3.63) is 40.6 Å². The number of aliphatic carboxylic acids is 1. The number of benzene rings is 1. The van der Waals surface area contributed by atoms with Crippen molar-refractivity contribution in [3.63, 3.8) is 0 Å². The maximum atomic E-state index is 11.4. The lowest BCUT2D eigenvalue weighted by Crippen LogP contribution is -2.29. The van der Waals surface area contributed by atoms with E-state index in [1.54, 1.807) is 13.8 Å². The van der Waals surface area contributed by atoms with Gasteiger partial charge >= 0.3 is 5.97 Å². The summed E-state index contributed by atoms with van der Waals surface area (Å²) in [5, 5.41) is 10.4. The minimum absolute atomic E-state index is 0.610. The van der Waals surface area contributed by atoms with Crippen LogP contribution in [0.25, 0.3) is 10.9 Å². The molecular weight excluding hydrogens is 238 g/mol. The van der Waals surface area contributed by atoms with Crippen LogP contribution in [-0.2, 0) is 10.2 Å². The Kier molecular flexibility index (Phi) is 3.09. The SMILES string of the molecule is Cc1ccc2c(C)cc(C(C)(C)C(=O)O)nc2c1C. The van der Waals surface area contributed by atoms with Gasteiger partial charge in [-0.25, -0.2) is 0 Å². The standard InChI is InChI=1S/C16H19NO2/c1-9-6-7-12-10(2)8-13(16(4,5)15(18)19)17-14(12)11(9)3/h6-8H,1-5H3,(H,18,19). The lowest BCUT2D eigenvalue weighted by atomic mass is 9.87. The molecule has 3 heteroatoms. The van der Waals surface area contributed by atoms with Gasteiger partial charge in [0.25, 0.3) is 0 Å². The van der Waals surface area contributed by atoms with Gasteiger partial charge < -0.3 is 5.11 Å². The molecule has 0 aliphatic rings. The zero-order chi connectivity index (χ0) is 14.4. The van der Waals surface area contributed by atoms with E-state index in [0.29, 0.717) is 5.69 Å². The predicted octanol–water partition coefficient (Wildman–Crippen LogP) is 3.52. The first kappa shape index (κ1) is 13.5. The number of fused-ring (bicyclic) bond motifs is 1. The Hall–Kier alpha value is -1.90. The van der Waals surface area contributed by atoms with Crippen LogP contribution in [0, 0.1) is 20.8 Å². The highest BCUT2D eigenvalue weighted by Gasteiger charge is 2.31. The fraction of sp³-hybridized carbons (Fsp3) is 0.375. The Morgan fingerprint density at radius 1 is 1.16 bits per heavy atom. The molecular formula is C16H19NO2. The number of rotatable bonds is 2. The summed E-state index contributed by atoms with van der Waals surface area (Å²) in [6.45, 7) is 9.45. The molecule has 0 bridgehead atoms. The number of carboxylic acids is 1. The average molecular weight is 257 g/mol. The number of pyridine rings is 1. The largest absolute Gasteiger partial charge is 0.481 e. The third-order valence-electron chi connectivity index (χ3n) is 3.89. The molecule has 0 saturated heterocycles. The van der Waals surface area contributed by atoms with Crippen LogP contribution in [0.1, 0.15) is 36.2 Å². The van der Waals surface area contributed by atoms with Crippen molar-refractivity contribution in [2.75, 3.05) is 0 Å². The molecule has 1 aromatic heterocycles. The van der Waals surface area contributed by atoms with Crippen LogP contribution < -0.4 is 0 Å². The zero-order valence-electron chi connectivity index (χ0n) is 12.0. The molecule has 0 unspecified atom stereocenters. The molecule has 3 nitrogen and oxygen atoms in total. The summed E-state index contributed by atoms with van der Waals surface area (Å²) in [7, 11) is 0. The van der Waals surface area contributed by atoms with Gasteiger partial charge in [0.05, 0.1) is 11.2 Å². The van der Waals surface area contributed by atoms with Crippen molar-refractivity contribution in [1.82, 2.24) is 4.98 Å². The van der Waals surface area contributed by atoms with Crippen molar-refractivity contribution < 1.29 is 9.90 Å². The minimum atomic E-state index is -0.977. The van der Waals surface area contributed by atoms with Gasteiger partial charge in [0.15, 0.2) is 0 Å². The Morgan fingerprint density at radius 3 is 2.37 bits per heavy atom. The summed E-state index contributed by atoms with van der Waals surface area (Å²) in [5.41, 5.74) is 3.89. The fourth-order valence-electron chi connectivity index (χ4n) is 2.13. The molecule has 0 saturated carbocycles. The first-order valence-electron chi connectivity index (χ1n) is 6.36. The smallest absolute Gasteiger partial charge is 0.315 e. The second kappa shape index (κ2) is 4.34. The van der Waals surface area contributed by atoms with Crippen LogP contribution in [0.2, 0.25) is 0 Å². The van der Waals surface area contributed by atoms with E-state index >= 15 is 0 Å². The van der Waals surface area contributed by atoms with Gasteiger partial charge in [-0.05, 0) is 57.4 Å². The van der Waals surface area contributed by atoms with Gasteiger partial charge in [-0.1, -0.05) is 12.1 Å². The van der Waals surface area contributed by atoms with E-state index in [0.717, 1.165) is 22.0 Å². The summed E-state index contributed by atoms with van der Waals surface area (Å²) < 4.78 is 0. The van der Waals surface area contributed by atoms with Crippen molar-refractivity contribution in [2.24, 2.45) is 0 Å². The first-order chi connectivity index (χ1) is 8.75. The van der Waals surface area contributed by atoms with Crippen LogP contribution in [-0.4, -0.2) is 16.1 Å². The maximum Gasteiger partial charge on any atom is 0.315 e. The maximum absolute atomic E-state index is 11.4. The fourth-order valence-corrected chi connectivity index (χ4v) is 2.13. The van der Waals surface area contributed by atoms with Crippen LogP contribution in [0.15, 0.2) is 18.2 Å². The molecule has 0 fully saturated rings. The highest BCUT2D eigenvalue weighted by Crippen LogP contribution is 2.29. The number of aromatic nitrogens is 1. The molecule has 0 spiro atoms. The monoisotopic (exact) mass is 257 g/mol. The van der Waals surface area contributed by atoms with Crippen LogP contribution in [0.4, 0.5) is 0 Å². The molecule has 1 N–H and O–H groups in total. The van der Waals surface area contributed by atoms with Crippen molar-refractivity contribution >= 4 is 16.9 Å². The molecule has 0 aliphatic heterocycles. The molecule has 100 valence electrons. The summed E-state index contributed by atoms with van der Waals surface area (Å²) in [5.74, 6) is -0.857. The molecule has 19 heavy (non-hydrogen) atoms. The van der Waals surface area contributed by atoms with Crippen LogP contribution >= 0.6 is 0 Å². The van der Waals surface area contributed by atoms with Crippen LogP contribution in [0.5, 0.6) is 0 Å². The Bertz CT molecular complexity index is 672. The molecule has 1 heterocycles. The predicted molar refractivity (Wildman–Crippen MR) is 76.6 cm³/mol. The minimum Gasteiger partial charge on any atom is -0.481 e. The Labute approximate surface area is 113 Å². The zero-order valence-corrected chi connectivity index (χ0v) is 12.0. The highest BCUT2D eigenvalue weighted by molar-refractivity contribution is 5.87. The van der Waals surface area contributed by atoms with E-state index < -0.39 is 11.4 Å². The average Bonchev–Trinajstić information content (AvgIpc) is 2.33. The number of carboxylic acid groups (broad SMARTS) is 1. The van der Waals surface area contributed by atoms with Gasteiger partial charge in [0, 0.05) is 5.39 Å². The van der Waals surface area contributed by atoms with Gasteiger partial charge in [0.1, 0.15) is 5.41 Å². The van der Waals surface area contributed by atoms with E-state index in [1.807, 2.05) is 26.8 Å². The molecule has 0 radical (unpaired) electrons. The molecule has 2 aromatic rings. The summed E-state index contributed by atoms with van der Waals surface area (Å²) in [6.07, 6.45) is 0. The van der Waals surface area contributed by atoms with E-state index in [1.165, 1.54) is 5.56 Å². The second-order valence-corrected chi connectivity index (χ2v) is 5.66. The third-order valence-corrected chi connectivity index (χ3v) is 3.89. The van der Waals surface area contributed by atoms with Crippen LogP contribution in [0.3, 0.4) is 0 Å². The second-order valence-electron chi connectivity index (χ2n) is 5.66. The highest BCUT2D eigenvalue weighted by atomic mass is 16.4. The van der Waals surface area contributed by atoms with Crippen molar-refractivity contribution in [1.29, 1.82) is 0 Å². The number of hydrogen-bond acceptors (Lipinski definition) is 2. The van der Waals surface area contributed by atoms with Gasteiger partial charge in [-0.15, -0.1) is 0 Å². The first-order valence-corrected chi connectivity index (χ1v) is 6.36. The van der Waals surface area contributed by atoms with E-state index in [4.69, 9.17) is 0 Å². The third kappa shape index (κ3) is 2.09. The lowest BCUT2D eigenvalue weighted by Gasteiger charge is -2.20. The van der Waals surface area contributed by atoms with E-state index in [2.05, 4.69) is 17.1 Å². The normalized spacial score (nSPS) is 11.8. The van der Waals surface area contributed by atoms with E-state index in [9.17, 15) is 9.90 Å². The molecule has 1 aromatic carbocycles. The molecule has 2 rings (SSSR count). The topological polar surface area (TPSA) is 50.2 Å². The number of nitrogens with zero attached hydrogens (tertiary/aromatic N) is 1. The molecule has 0 atom stereocenters. The summed E-state index contributed by atoms with van der Waals surface area (Å²) in [6, 6.07) is 6.01. The number of aryl methyl sites for hydroxylation is 3. The lowest BCUT2D eigenvalue weighted by molar-refractivity contribution is -0.142. The quantitative estimate of drug-likeness (QED) is 0.895. The summed E-state index contributed by atoms with van der Waals surface area (Å²) >= 11 is 0.